The van der Waals surface area contributed by atoms with Gasteiger partial charge >= 0.3 is 0 Å². The molecule has 1 unspecified atom stereocenters. The molecule has 0 heterocycles. The van der Waals surface area contributed by atoms with Gasteiger partial charge in [-0.2, -0.15) is 0 Å². The van der Waals surface area contributed by atoms with Crippen LogP contribution in [0.3, 0.4) is 0 Å². The molecule has 1 rings (SSSR count). The highest BCUT2D eigenvalue weighted by Gasteiger charge is 2.05. The molecular formula is C9H11NO. The molecule has 58 valence electrons. The molecule has 11 heavy (non-hydrogen) atoms. The molecule has 1 aromatic carbocycles. The number of benzene rings is 1. The van der Waals surface area contributed by atoms with Crippen LogP contribution in [-0.2, 0) is 4.79 Å². The van der Waals surface area contributed by atoms with Gasteiger partial charge in [-0.15, -0.1) is 0 Å². The van der Waals surface area contributed by atoms with Crippen molar-refractivity contribution in [1.82, 2.24) is 0 Å². The SMILES string of the molecule is CC(C=O)c1ccccc1N. The molecule has 0 saturated carbocycles. The number of nitrogen functional groups attached to an aromatic ring is 1. The van der Waals surface area contributed by atoms with Crippen LogP contribution in [0.2, 0.25) is 0 Å². The second-order valence-corrected chi connectivity index (χ2v) is 2.55. The normalized spacial score (nSPS) is 12.5. The van der Waals surface area contributed by atoms with E-state index in [2.05, 4.69) is 0 Å². The van der Waals surface area contributed by atoms with Crippen LogP contribution < -0.4 is 5.73 Å². The van der Waals surface area contributed by atoms with E-state index >= 15 is 0 Å². The summed E-state index contributed by atoms with van der Waals surface area (Å²) < 4.78 is 0. The van der Waals surface area contributed by atoms with Crippen molar-refractivity contribution in [3.05, 3.63) is 29.8 Å². The molecule has 0 amide bonds. The molecule has 0 aliphatic carbocycles. The first-order valence-electron chi connectivity index (χ1n) is 3.55. The highest BCUT2D eigenvalue weighted by Crippen LogP contribution is 2.19. The average molecular weight is 149 g/mol. The number of nitrogens with two attached hydrogens (primary N) is 1. The second-order valence-electron chi connectivity index (χ2n) is 2.55. The number of para-hydroxylation sites is 1. The molecule has 1 atom stereocenters. The zero-order valence-electron chi connectivity index (χ0n) is 6.45. The van der Waals surface area contributed by atoms with Gasteiger partial charge in [-0.3, -0.25) is 0 Å². The van der Waals surface area contributed by atoms with Crippen molar-refractivity contribution in [2.24, 2.45) is 0 Å². The van der Waals surface area contributed by atoms with Gasteiger partial charge in [0.2, 0.25) is 0 Å². The van der Waals surface area contributed by atoms with Crippen LogP contribution in [0, 0.1) is 0 Å². The highest BCUT2D eigenvalue weighted by atomic mass is 16.1. The molecule has 0 aliphatic rings. The molecular weight excluding hydrogens is 138 g/mol. The Morgan fingerprint density at radius 3 is 2.64 bits per heavy atom. The average Bonchev–Trinajstić information content (AvgIpc) is 2.04. The summed E-state index contributed by atoms with van der Waals surface area (Å²) in [7, 11) is 0. The molecule has 2 N–H and O–H groups in total. The summed E-state index contributed by atoms with van der Waals surface area (Å²) in [6.07, 6.45) is 0.895. The maximum Gasteiger partial charge on any atom is 0.127 e. The lowest BCUT2D eigenvalue weighted by molar-refractivity contribution is -0.108. The second kappa shape index (κ2) is 3.19. The van der Waals surface area contributed by atoms with Gasteiger partial charge in [0.1, 0.15) is 6.29 Å². The van der Waals surface area contributed by atoms with Crippen molar-refractivity contribution in [2.75, 3.05) is 5.73 Å². The molecule has 0 fully saturated rings. The van der Waals surface area contributed by atoms with Crippen LogP contribution >= 0.6 is 0 Å². The molecule has 0 radical (unpaired) electrons. The minimum absolute atomic E-state index is 0.101. The predicted octanol–water partition coefficient (Wildman–Crippen LogP) is 1.57. The first-order valence-corrected chi connectivity index (χ1v) is 3.55. The minimum Gasteiger partial charge on any atom is -0.398 e. The monoisotopic (exact) mass is 149 g/mol. The van der Waals surface area contributed by atoms with Crippen molar-refractivity contribution >= 4 is 12.0 Å². The number of rotatable bonds is 2. The Kier molecular flexibility index (Phi) is 2.26. The van der Waals surface area contributed by atoms with Crippen LogP contribution in [0.4, 0.5) is 5.69 Å². The Morgan fingerprint density at radius 1 is 1.45 bits per heavy atom. The number of carbonyl (C=O) groups excluding carboxylic acids is 1. The summed E-state index contributed by atoms with van der Waals surface area (Å²) in [5.74, 6) is -0.101. The standard InChI is InChI=1S/C9H11NO/c1-7(6-11)8-4-2-3-5-9(8)10/h2-7H,10H2,1H3. The third-order valence-electron chi connectivity index (χ3n) is 1.69. The Labute approximate surface area is 66.0 Å². The third kappa shape index (κ3) is 1.58. The minimum atomic E-state index is -0.101. The Morgan fingerprint density at radius 2 is 2.09 bits per heavy atom. The van der Waals surface area contributed by atoms with Crippen molar-refractivity contribution in [3.63, 3.8) is 0 Å². The van der Waals surface area contributed by atoms with Crippen LogP contribution in [-0.4, -0.2) is 6.29 Å². The van der Waals surface area contributed by atoms with E-state index in [1.807, 2.05) is 25.1 Å². The third-order valence-corrected chi connectivity index (χ3v) is 1.69. The topological polar surface area (TPSA) is 43.1 Å². The molecule has 2 heteroatoms. The van der Waals surface area contributed by atoms with Gasteiger partial charge in [-0.1, -0.05) is 25.1 Å². The zero-order chi connectivity index (χ0) is 8.27. The summed E-state index contributed by atoms with van der Waals surface area (Å²) in [5, 5.41) is 0. The van der Waals surface area contributed by atoms with E-state index in [4.69, 9.17) is 5.73 Å². The molecule has 0 bridgehead atoms. The number of anilines is 1. The first-order chi connectivity index (χ1) is 5.25. The molecule has 0 aliphatic heterocycles. The van der Waals surface area contributed by atoms with Crippen molar-refractivity contribution in [1.29, 1.82) is 0 Å². The van der Waals surface area contributed by atoms with Crippen molar-refractivity contribution < 1.29 is 4.79 Å². The smallest absolute Gasteiger partial charge is 0.127 e. The fourth-order valence-corrected chi connectivity index (χ4v) is 0.999. The van der Waals surface area contributed by atoms with E-state index in [1.165, 1.54) is 0 Å². The van der Waals surface area contributed by atoms with Crippen molar-refractivity contribution in [2.45, 2.75) is 12.8 Å². The Balaban J connectivity index is 3.02. The van der Waals surface area contributed by atoms with Gasteiger partial charge in [0.05, 0.1) is 0 Å². The summed E-state index contributed by atoms with van der Waals surface area (Å²) in [5.41, 5.74) is 7.23. The van der Waals surface area contributed by atoms with Crippen LogP contribution in [0.5, 0.6) is 0 Å². The van der Waals surface area contributed by atoms with Gasteiger partial charge in [0.15, 0.2) is 0 Å². The Bertz CT molecular complexity index is 257. The number of hydrogen-bond donors (Lipinski definition) is 1. The number of hydrogen-bond acceptors (Lipinski definition) is 2. The Hall–Kier alpha value is -1.31. The van der Waals surface area contributed by atoms with E-state index in [0.717, 1.165) is 11.8 Å². The number of aldehydes is 1. The quantitative estimate of drug-likeness (QED) is 0.512. The van der Waals surface area contributed by atoms with Crippen molar-refractivity contribution in [3.8, 4) is 0 Å². The first kappa shape index (κ1) is 7.79. The van der Waals surface area contributed by atoms with E-state index in [0.29, 0.717) is 5.69 Å². The fraction of sp³-hybridized carbons (Fsp3) is 0.222. The lowest BCUT2D eigenvalue weighted by Crippen LogP contribution is -1.99. The van der Waals surface area contributed by atoms with Gasteiger partial charge in [0.25, 0.3) is 0 Å². The zero-order valence-corrected chi connectivity index (χ0v) is 6.45. The van der Waals surface area contributed by atoms with Gasteiger partial charge in [0, 0.05) is 11.6 Å². The maximum absolute atomic E-state index is 10.4. The molecule has 0 aromatic heterocycles. The number of carbonyl (C=O) groups is 1. The van der Waals surface area contributed by atoms with Gasteiger partial charge < -0.3 is 10.5 Å². The largest absolute Gasteiger partial charge is 0.398 e. The van der Waals surface area contributed by atoms with E-state index in [1.54, 1.807) is 6.07 Å². The maximum atomic E-state index is 10.4. The van der Waals surface area contributed by atoms with E-state index < -0.39 is 0 Å². The van der Waals surface area contributed by atoms with Crippen LogP contribution in [0.25, 0.3) is 0 Å². The molecule has 0 saturated heterocycles. The summed E-state index contributed by atoms with van der Waals surface area (Å²) in [6.45, 7) is 1.83. The fourth-order valence-electron chi connectivity index (χ4n) is 0.999. The summed E-state index contributed by atoms with van der Waals surface area (Å²) >= 11 is 0. The van der Waals surface area contributed by atoms with Gasteiger partial charge in [-0.25, -0.2) is 0 Å². The lowest BCUT2D eigenvalue weighted by atomic mass is 10.0. The van der Waals surface area contributed by atoms with Crippen LogP contribution in [0.15, 0.2) is 24.3 Å². The van der Waals surface area contributed by atoms with E-state index in [-0.39, 0.29) is 5.92 Å². The van der Waals surface area contributed by atoms with E-state index in [9.17, 15) is 4.79 Å². The molecule has 2 nitrogen and oxygen atoms in total. The van der Waals surface area contributed by atoms with Gasteiger partial charge in [-0.05, 0) is 11.6 Å². The lowest BCUT2D eigenvalue weighted by Gasteiger charge is -2.06. The highest BCUT2D eigenvalue weighted by molar-refractivity contribution is 5.66. The van der Waals surface area contributed by atoms with Crippen LogP contribution in [0.1, 0.15) is 18.4 Å². The predicted molar refractivity (Wildman–Crippen MR) is 45.3 cm³/mol. The summed E-state index contributed by atoms with van der Waals surface area (Å²) in [6, 6.07) is 7.41. The summed E-state index contributed by atoms with van der Waals surface area (Å²) in [4.78, 5) is 10.4. The molecule has 1 aromatic rings. The molecule has 0 spiro atoms.